The van der Waals surface area contributed by atoms with Crippen LogP contribution in [0.3, 0.4) is 0 Å². The van der Waals surface area contributed by atoms with E-state index in [1.165, 1.54) is 6.08 Å². The van der Waals surface area contributed by atoms with Gasteiger partial charge in [-0.25, -0.2) is 0 Å². The van der Waals surface area contributed by atoms with E-state index in [1.807, 2.05) is 36.4 Å². The summed E-state index contributed by atoms with van der Waals surface area (Å²) in [6, 6.07) is 11.3. The number of amides is 1. The van der Waals surface area contributed by atoms with Crippen LogP contribution in [-0.4, -0.2) is 13.0 Å². The van der Waals surface area contributed by atoms with Crippen molar-refractivity contribution in [3.63, 3.8) is 0 Å². The number of methoxy groups -OCH3 is 1. The van der Waals surface area contributed by atoms with Crippen molar-refractivity contribution in [1.29, 1.82) is 0 Å². The minimum Gasteiger partial charge on any atom is -0.496 e. The zero-order valence-electron chi connectivity index (χ0n) is 11.6. The number of carbonyl (C=O) groups excluding carboxylic acids is 1. The predicted molar refractivity (Wildman–Crippen MR) is 105 cm³/mol. The number of anilines is 1. The van der Waals surface area contributed by atoms with Gasteiger partial charge in [-0.05, 0) is 65.1 Å². The van der Waals surface area contributed by atoms with Gasteiger partial charge in [0.2, 0.25) is 5.91 Å². The van der Waals surface area contributed by atoms with Crippen molar-refractivity contribution in [2.45, 2.75) is 0 Å². The molecule has 0 atom stereocenters. The molecule has 0 fully saturated rings. The lowest BCUT2D eigenvalue weighted by atomic mass is 10.2. The van der Waals surface area contributed by atoms with Crippen molar-refractivity contribution < 1.29 is 9.53 Å². The van der Waals surface area contributed by atoms with E-state index in [0.29, 0.717) is 5.75 Å². The standard InChI is InChI=1S/C16H12Br2INO2/c1-22-15-6-4-11(17)8-10(15)2-7-16(21)20-14-5-3-12(18)9-13(14)19/h2-9H,1H3,(H,20,21). The zero-order valence-corrected chi connectivity index (χ0v) is 16.9. The molecule has 0 spiro atoms. The third-order valence-corrected chi connectivity index (χ3v) is 4.67. The van der Waals surface area contributed by atoms with Crippen LogP contribution in [0.2, 0.25) is 0 Å². The topological polar surface area (TPSA) is 38.3 Å². The molecule has 0 saturated carbocycles. The second-order valence-electron chi connectivity index (χ2n) is 4.33. The number of carbonyl (C=O) groups is 1. The first-order valence-electron chi connectivity index (χ1n) is 6.27. The molecule has 2 aromatic rings. The molecule has 1 amide bonds. The van der Waals surface area contributed by atoms with Crippen LogP contribution >= 0.6 is 54.5 Å². The molecule has 0 unspecified atom stereocenters. The van der Waals surface area contributed by atoms with Crippen LogP contribution in [0.5, 0.6) is 5.75 Å². The van der Waals surface area contributed by atoms with Gasteiger partial charge >= 0.3 is 0 Å². The fourth-order valence-electron chi connectivity index (χ4n) is 1.77. The van der Waals surface area contributed by atoms with Gasteiger partial charge in [-0.1, -0.05) is 31.9 Å². The molecule has 0 bridgehead atoms. The van der Waals surface area contributed by atoms with Crippen LogP contribution in [-0.2, 0) is 4.79 Å². The summed E-state index contributed by atoms with van der Waals surface area (Å²) in [4.78, 5) is 12.0. The minimum atomic E-state index is -0.192. The number of hydrogen-bond donors (Lipinski definition) is 1. The summed E-state index contributed by atoms with van der Waals surface area (Å²) in [5, 5.41) is 2.85. The Morgan fingerprint density at radius 1 is 1.18 bits per heavy atom. The fourth-order valence-corrected chi connectivity index (χ4v) is 3.58. The zero-order chi connectivity index (χ0) is 16.1. The normalized spacial score (nSPS) is 10.7. The molecule has 2 rings (SSSR count). The van der Waals surface area contributed by atoms with E-state index in [-0.39, 0.29) is 5.91 Å². The molecule has 0 aromatic heterocycles. The van der Waals surface area contributed by atoms with E-state index >= 15 is 0 Å². The van der Waals surface area contributed by atoms with Gasteiger partial charge in [0.1, 0.15) is 5.75 Å². The van der Waals surface area contributed by atoms with Gasteiger partial charge in [0.15, 0.2) is 0 Å². The summed E-state index contributed by atoms with van der Waals surface area (Å²) in [6.07, 6.45) is 3.22. The van der Waals surface area contributed by atoms with Crippen LogP contribution < -0.4 is 10.1 Å². The van der Waals surface area contributed by atoms with Crippen LogP contribution in [0.25, 0.3) is 6.08 Å². The number of nitrogens with one attached hydrogen (secondary N) is 1. The minimum absolute atomic E-state index is 0.192. The highest BCUT2D eigenvalue weighted by Gasteiger charge is 2.05. The van der Waals surface area contributed by atoms with Crippen molar-refractivity contribution in [2.75, 3.05) is 12.4 Å². The Morgan fingerprint density at radius 3 is 2.55 bits per heavy atom. The van der Waals surface area contributed by atoms with E-state index in [1.54, 1.807) is 13.2 Å². The van der Waals surface area contributed by atoms with Gasteiger partial charge in [0.25, 0.3) is 0 Å². The molecule has 0 aliphatic rings. The van der Waals surface area contributed by atoms with Crippen LogP contribution in [0.4, 0.5) is 5.69 Å². The lowest BCUT2D eigenvalue weighted by Gasteiger charge is -2.06. The molecule has 1 N–H and O–H groups in total. The van der Waals surface area contributed by atoms with Gasteiger partial charge in [-0.2, -0.15) is 0 Å². The van der Waals surface area contributed by atoms with E-state index in [9.17, 15) is 4.79 Å². The third-order valence-electron chi connectivity index (χ3n) is 2.80. The number of rotatable bonds is 4. The summed E-state index contributed by atoms with van der Waals surface area (Å²) in [5.41, 5.74) is 1.61. The van der Waals surface area contributed by atoms with Gasteiger partial charge in [-0.15, -0.1) is 0 Å². The van der Waals surface area contributed by atoms with Crippen molar-refractivity contribution in [2.24, 2.45) is 0 Å². The number of ether oxygens (including phenoxy) is 1. The molecule has 0 aliphatic carbocycles. The van der Waals surface area contributed by atoms with Crippen molar-refractivity contribution in [1.82, 2.24) is 0 Å². The summed E-state index contributed by atoms with van der Waals surface area (Å²) >= 11 is 8.98. The van der Waals surface area contributed by atoms with Crippen molar-refractivity contribution in [3.8, 4) is 5.75 Å². The molecule has 0 radical (unpaired) electrons. The highest BCUT2D eigenvalue weighted by Crippen LogP contribution is 2.25. The van der Waals surface area contributed by atoms with Gasteiger partial charge < -0.3 is 10.1 Å². The lowest BCUT2D eigenvalue weighted by Crippen LogP contribution is -2.08. The second kappa shape index (κ2) is 8.12. The molecular formula is C16H12Br2INO2. The highest BCUT2D eigenvalue weighted by atomic mass is 127. The SMILES string of the molecule is COc1ccc(Br)cc1C=CC(=O)Nc1ccc(Br)cc1I. The van der Waals surface area contributed by atoms with E-state index in [0.717, 1.165) is 23.8 Å². The summed E-state index contributed by atoms with van der Waals surface area (Å²) < 4.78 is 8.14. The van der Waals surface area contributed by atoms with E-state index in [2.05, 4.69) is 59.8 Å². The van der Waals surface area contributed by atoms with Gasteiger partial charge in [0, 0.05) is 24.2 Å². The largest absolute Gasteiger partial charge is 0.496 e. The summed E-state index contributed by atoms with van der Waals surface area (Å²) in [5.74, 6) is 0.521. The maximum Gasteiger partial charge on any atom is 0.248 e. The number of benzene rings is 2. The fraction of sp³-hybridized carbons (Fsp3) is 0.0625. The Hall–Kier alpha value is -0.860. The average molecular weight is 537 g/mol. The second-order valence-corrected chi connectivity index (χ2v) is 7.33. The van der Waals surface area contributed by atoms with Crippen molar-refractivity contribution >= 4 is 72.1 Å². The van der Waals surface area contributed by atoms with Crippen LogP contribution in [0.1, 0.15) is 5.56 Å². The number of hydrogen-bond acceptors (Lipinski definition) is 2. The maximum atomic E-state index is 12.0. The molecule has 2 aromatic carbocycles. The smallest absolute Gasteiger partial charge is 0.248 e. The Labute approximate surface area is 159 Å². The Bertz CT molecular complexity index is 732. The van der Waals surface area contributed by atoms with Gasteiger partial charge in [-0.3, -0.25) is 4.79 Å². The molecule has 6 heteroatoms. The van der Waals surface area contributed by atoms with E-state index < -0.39 is 0 Å². The Kier molecular flexibility index (Phi) is 6.46. The summed E-state index contributed by atoms with van der Waals surface area (Å²) in [7, 11) is 1.60. The molecular weight excluding hydrogens is 525 g/mol. The third kappa shape index (κ3) is 4.82. The summed E-state index contributed by atoms with van der Waals surface area (Å²) in [6.45, 7) is 0. The monoisotopic (exact) mass is 535 g/mol. The molecule has 0 saturated heterocycles. The molecule has 3 nitrogen and oxygen atoms in total. The Morgan fingerprint density at radius 2 is 1.86 bits per heavy atom. The Balaban J connectivity index is 2.13. The first-order chi connectivity index (χ1) is 10.5. The highest BCUT2D eigenvalue weighted by molar-refractivity contribution is 14.1. The molecule has 114 valence electrons. The number of halogens is 3. The quantitative estimate of drug-likeness (QED) is 0.415. The average Bonchev–Trinajstić information content (AvgIpc) is 2.48. The first-order valence-corrected chi connectivity index (χ1v) is 8.93. The van der Waals surface area contributed by atoms with E-state index in [4.69, 9.17) is 4.74 Å². The van der Waals surface area contributed by atoms with Crippen molar-refractivity contribution in [3.05, 3.63) is 60.6 Å². The first kappa shape index (κ1) is 17.5. The molecule has 22 heavy (non-hydrogen) atoms. The van der Waals surface area contributed by atoms with Crippen LogP contribution in [0, 0.1) is 3.57 Å². The molecule has 0 aliphatic heterocycles. The molecule has 0 heterocycles. The predicted octanol–water partition coefficient (Wildman–Crippen LogP) is 5.48. The lowest BCUT2D eigenvalue weighted by molar-refractivity contribution is -0.111. The van der Waals surface area contributed by atoms with Crippen LogP contribution in [0.15, 0.2) is 51.4 Å². The maximum absolute atomic E-state index is 12.0. The van der Waals surface area contributed by atoms with Gasteiger partial charge in [0.05, 0.1) is 12.8 Å².